The molecule has 0 bridgehead atoms. The second-order valence-electron chi connectivity index (χ2n) is 6.32. The molecular weight excluding hydrogens is 266 g/mol. The highest BCUT2D eigenvalue weighted by Crippen LogP contribution is 2.30. The van der Waals surface area contributed by atoms with Crippen molar-refractivity contribution in [3.05, 3.63) is 34.8 Å². The predicted octanol–water partition coefficient (Wildman–Crippen LogP) is 3.09. The zero-order chi connectivity index (χ0) is 15.9. The number of hydrogen-bond donors (Lipinski definition) is 1. The van der Waals surface area contributed by atoms with Crippen molar-refractivity contribution in [2.75, 3.05) is 0 Å². The van der Waals surface area contributed by atoms with E-state index < -0.39 is 5.97 Å². The van der Waals surface area contributed by atoms with E-state index in [1.165, 1.54) is 0 Å². The maximum absolute atomic E-state index is 11.4. The van der Waals surface area contributed by atoms with Gasteiger partial charge in [0.2, 0.25) is 0 Å². The normalized spacial score (nSPS) is 11.7. The van der Waals surface area contributed by atoms with Gasteiger partial charge in [0.1, 0.15) is 0 Å². The van der Waals surface area contributed by atoms with Gasteiger partial charge in [0.25, 0.3) is 0 Å². The van der Waals surface area contributed by atoms with Crippen LogP contribution in [0.25, 0.3) is 11.3 Å². The van der Waals surface area contributed by atoms with Crippen LogP contribution in [-0.4, -0.2) is 25.8 Å². The Morgan fingerprint density at radius 1 is 1.24 bits per heavy atom. The number of aromatic carboxylic acids is 1. The Labute approximate surface area is 124 Å². The molecule has 2 aromatic rings. The molecule has 0 radical (unpaired) electrons. The second kappa shape index (κ2) is 4.98. The van der Waals surface area contributed by atoms with Gasteiger partial charge in [0.05, 0.1) is 22.6 Å². The van der Waals surface area contributed by atoms with Crippen LogP contribution in [-0.2, 0) is 12.5 Å². The number of aryl methyl sites for hydroxylation is 2. The van der Waals surface area contributed by atoms with E-state index in [0.717, 1.165) is 22.6 Å². The Hall–Kier alpha value is -2.17. The molecule has 0 aliphatic heterocycles. The lowest BCUT2D eigenvalue weighted by Gasteiger charge is -2.21. The van der Waals surface area contributed by atoms with E-state index in [1.807, 2.05) is 46.3 Å². The van der Waals surface area contributed by atoms with Crippen molar-refractivity contribution >= 4 is 5.97 Å². The molecule has 0 fully saturated rings. The average Bonchev–Trinajstić information content (AvgIpc) is 2.61. The Morgan fingerprint density at radius 2 is 1.86 bits per heavy atom. The number of carbonyl (C=O) groups is 1. The van der Waals surface area contributed by atoms with Gasteiger partial charge in [-0.25, -0.2) is 4.79 Å². The van der Waals surface area contributed by atoms with Crippen LogP contribution in [0, 0.1) is 13.8 Å². The van der Waals surface area contributed by atoms with Crippen molar-refractivity contribution in [2.24, 2.45) is 7.05 Å². The number of hydrogen-bond acceptors (Lipinski definition) is 3. The zero-order valence-corrected chi connectivity index (χ0v) is 13.4. The van der Waals surface area contributed by atoms with E-state index in [1.54, 1.807) is 12.1 Å². The first kappa shape index (κ1) is 15.2. The molecule has 112 valence electrons. The largest absolute Gasteiger partial charge is 0.478 e. The van der Waals surface area contributed by atoms with Crippen LogP contribution in [0.5, 0.6) is 0 Å². The average molecular weight is 287 g/mol. The van der Waals surface area contributed by atoms with Gasteiger partial charge in [-0.05, 0) is 26.0 Å². The third-order valence-corrected chi connectivity index (χ3v) is 3.60. The monoisotopic (exact) mass is 287 g/mol. The number of carboxylic acids is 1. The van der Waals surface area contributed by atoms with E-state index in [2.05, 4.69) is 10.1 Å². The molecular formula is C16H21N3O2. The summed E-state index contributed by atoms with van der Waals surface area (Å²) in [6, 6.07) is 3.40. The quantitative estimate of drug-likeness (QED) is 0.921. The van der Waals surface area contributed by atoms with Crippen LogP contribution in [0.3, 0.4) is 0 Å². The number of rotatable bonds is 2. The van der Waals surface area contributed by atoms with Gasteiger partial charge in [-0.3, -0.25) is 9.67 Å². The van der Waals surface area contributed by atoms with E-state index in [0.29, 0.717) is 5.69 Å². The van der Waals surface area contributed by atoms with E-state index in [-0.39, 0.29) is 11.0 Å². The number of aromatic nitrogens is 3. The maximum atomic E-state index is 11.4. The predicted molar refractivity (Wildman–Crippen MR) is 81.6 cm³/mol. The number of nitrogens with zero attached hydrogens (tertiary/aromatic N) is 3. The molecule has 0 saturated heterocycles. The molecule has 0 aromatic carbocycles. The fourth-order valence-electron chi connectivity index (χ4n) is 2.49. The lowest BCUT2D eigenvalue weighted by molar-refractivity contribution is 0.0693. The van der Waals surface area contributed by atoms with Crippen LogP contribution >= 0.6 is 0 Å². The Bertz CT molecular complexity index is 709. The minimum Gasteiger partial charge on any atom is -0.478 e. The summed E-state index contributed by atoms with van der Waals surface area (Å²) >= 11 is 0. The molecule has 2 heterocycles. The Kier molecular flexibility index (Phi) is 3.61. The molecule has 21 heavy (non-hydrogen) atoms. The fourth-order valence-corrected chi connectivity index (χ4v) is 2.49. The van der Waals surface area contributed by atoms with Crippen LogP contribution in [0.4, 0.5) is 0 Å². The third-order valence-electron chi connectivity index (χ3n) is 3.60. The molecule has 0 unspecified atom stereocenters. The number of carboxylic acid groups (broad SMARTS) is 1. The minimum atomic E-state index is -0.946. The first-order valence-corrected chi connectivity index (χ1v) is 6.88. The maximum Gasteiger partial charge on any atom is 0.337 e. The summed E-state index contributed by atoms with van der Waals surface area (Å²) in [5.74, 6) is -0.946. The highest BCUT2D eigenvalue weighted by Gasteiger charge is 2.25. The van der Waals surface area contributed by atoms with Crippen molar-refractivity contribution in [2.45, 2.75) is 40.0 Å². The molecule has 2 rings (SSSR count). The molecule has 0 aliphatic rings. The van der Waals surface area contributed by atoms with Crippen molar-refractivity contribution in [3.8, 4) is 11.3 Å². The lowest BCUT2D eigenvalue weighted by atomic mass is 9.87. The highest BCUT2D eigenvalue weighted by molar-refractivity contribution is 5.89. The third kappa shape index (κ3) is 2.68. The molecule has 2 aromatic heterocycles. The van der Waals surface area contributed by atoms with Crippen molar-refractivity contribution in [1.82, 2.24) is 14.8 Å². The van der Waals surface area contributed by atoms with Gasteiger partial charge in [-0.2, -0.15) is 5.10 Å². The van der Waals surface area contributed by atoms with Gasteiger partial charge in [-0.1, -0.05) is 20.8 Å². The van der Waals surface area contributed by atoms with Gasteiger partial charge < -0.3 is 5.11 Å². The Balaban J connectivity index is 2.70. The zero-order valence-electron chi connectivity index (χ0n) is 13.4. The topological polar surface area (TPSA) is 68.0 Å². The summed E-state index contributed by atoms with van der Waals surface area (Å²) in [5, 5.41) is 13.7. The van der Waals surface area contributed by atoms with E-state index >= 15 is 0 Å². The second-order valence-corrected chi connectivity index (χ2v) is 6.32. The SMILES string of the molecule is Cc1nn(C)c(C)c1-c1ccc(C(=O)O)c(C(C)(C)C)n1. The first-order chi connectivity index (χ1) is 9.62. The summed E-state index contributed by atoms with van der Waals surface area (Å²) < 4.78 is 1.81. The summed E-state index contributed by atoms with van der Waals surface area (Å²) in [6.07, 6.45) is 0. The lowest BCUT2D eigenvalue weighted by Crippen LogP contribution is -2.19. The summed E-state index contributed by atoms with van der Waals surface area (Å²) in [5.41, 5.74) is 4.16. The molecule has 0 aliphatic carbocycles. The van der Waals surface area contributed by atoms with Crippen LogP contribution in [0.1, 0.15) is 48.2 Å². The van der Waals surface area contributed by atoms with Crippen LogP contribution < -0.4 is 0 Å². The first-order valence-electron chi connectivity index (χ1n) is 6.88. The van der Waals surface area contributed by atoms with Crippen molar-refractivity contribution in [3.63, 3.8) is 0 Å². The van der Waals surface area contributed by atoms with Crippen molar-refractivity contribution in [1.29, 1.82) is 0 Å². The minimum absolute atomic E-state index is 0.255. The molecule has 0 spiro atoms. The molecule has 1 N–H and O–H groups in total. The number of pyridine rings is 1. The summed E-state index contributed by atoms with van der Waals surface area (Å²) in [7, 11) is 1.89. The van der Waals surface area contributed by atoms with Gasteiger partial charge >= 0.3 is 5.97 Å². The highest BCUT2D eigenvalue weighted by atomic mass is 16.4. The molecule has 0 atom stereocenters. The van der Waals surface area contributed by atoms with E-state index in [4.69, 9.17) is 0 Å². The van der Waals surface area contributed by atoms with Crippen molar-refractivity contribution < 1.29 is 9.90 Å². The van der Waals surface area contributed by atoms with Gasteiger partial charge in [0, 0.05) is 23.7 Å². The smallest absolute Gasteiger partial charge is 0.337 e. The fraction of sp³-hybridized carbons (Fsp3) is 0.438. The standard InChI is InChI=1S/C16H21N3O2/c1-9-13(10(2)19(6)18-9)12-8-7-11(15(20)21)14(17-12)16(3,4)5/h7-8H,1-6H3,(H,20,21). The van der Waals surface area contributed by atoms with E-state index in [9.17, 15) is 9.90 Å². The molecule has 5 nitrogen and oxygen atoms in total. The summed E-state index contributed by atoms with van der Waals surface area (Å²) in [4.78, 5) is 16.0. The Morgan fingerprint density at radius 3 is 2.29 bits per heavy atom. The van der Waals surface area contributed by atoms with Crippen LogP contribution in [0.15, 0.2) is 12.1 Å². The van der Waals surface area contributed by atoms with Gasteiger partial charge in [-0.15, -0.1) is 0 Å². The summed E-state index contributed by atoms with van der Waals surface area (Å²) in [6.45, 7) is 9.82. The molecule has 0 saturated carbocycles. The molecule has 0 amide bonds. The van der Waals surface area contributed by atoms with Gasteiger partial charge in [0.15, 0.2) is 0 Å². The molecule has 5 heteroatoms. The van der Waals surface area contributed by atoms with Crippen LogP contribution in [0.2, 0.25) is 0 Å².